The molecule has 4 rings (SSSR count). The van der Waals surface area contributed by atoms with Crippen molar-refractivity contribution >= 4 is 17.4 Å². The number of hydrogen-bond donors (Lipinski definition) is 0. The van der Waals surface area contributed by atoms with E-state index in [1.807, 2.05) is 65.6 Å². The van der Waals surface area contributed by atoms with Crippen LogP contribution < -0.4 is 4.90 Å². The minimum absolute atomic E-state index is 0.185. The Bertz CT molecular complexity index is 917. The van der Waals surface area contributed by atoms with Crippen molar-refractivity contribution in [3.63, 3.8) is 0 Å². The Morgan fingerprint density at radius 2 is 1.69 bits per heavy atom. The van der Waals surface area contributed by atoms with Crippen molar-refractivity contribution in [3.8, 4) is 11.4 Å². The van der Waals surface area contributed by atoms with Gasteiger partial charge in [-0.05, 0) is 5.56 Å². The first-order chi connectivity index (χ1) is 12.8. The van der Waals surface area contributed by atoms with Crippen molar-refractivity contribution in [2.75, 3.05) is 11.7 Å². The van der Waals surface area contributed by atoms with E-state index in [4.69, 9.17) is 26.1 Å². The summed E-state index contributed by atoms with van der Waals surface area (Å²) in [6.07, 6.45) is 1.58. The first-order valence-corrected chi connectivity index (χ1v) is 8.53. The molecule has 0 saturated carbocycles. The predicted molar refractivity (Wildman–Crippen MR) is 100 cm³/mol. The standard InChI is InChI=1S/C20H16ClN3O2/c21-17-11-18(23-20(22-17)16-9-5-2-6-10-16)24(19-13-25-14-26-19)12-15-7-3-1-4-8-15/h1-11,13H,12,14H2. The van der Waals surface area contributed by atoms with Gasteiger partial charge in [-0.3, -0.25) is 4.90 Å². The second-order valence-corrected chi connectivity index (χ2v) is 6.08. The van der Waals surface area contributed by atoms with Gasteiger partial charge in [0.25, 0.3) is 0 Å². The number of anilines is 1. The summed E-state index contributed by atoms with van der Waals surface area (Å²) in [5.74, 6) is 1.79. The van der Waals surface area contributed by atoms with Gasteiger partial charge in [-0.15, -0.1) is 0 Å². The molecule has 1 aromatic heterocycles. The summed E-state index contributed by atoms with van der Waals surface area (Å²) in [6.45, 7) is 0.753. The highest BCUT2D eigenvalue weighted by Crippen LogP contribution is 2.27. The number of benzene rings is 2. The van der Waals surface area contributed by atoms with Crippen LogP contribution >= 0.6 is 11.6 Å². The Morgan fingerprint density at radius 1 is 0.962 bits per heavy atom. The molecular formula is C20H16ClN3O2. The number of rotatable bonds is 5. The summed E-state index contributed by atoms with van der Waals surface area (Å²) in [7, 11) is 0. The van der Waals surface area contributed by atoms with Crippen molar-refractivity contribution < 1.29 is 9.47 Å². The molecule has 2 aromatic carbocycles. The molecule has 1 aliphatic heterocycles. The third kappa shape index (κ3) is 3.63. The van der Waals surface area contributed by atoms with Crippen LogP contribution in [-0.4, -0.2) is 16.8 Å². The number of hydrogen-bond acceptors (Lipinski definition) is 5. The maximum Gasteiger partial charge on any atom is 0.234 e. The Kier molecular flexibility index (Phi) is 4.71. The first-order valence-electron chi connectivity index (χ1n) is 8.15. The van der Waals surface area contributed by atoms with E-state index in [2.05, 4.69) is 4.98 Å². The number of halogens is 1. The molecule has 0 fully saturated rings. The van der Waals surface area contributed by atoms with Gasteiger partial charge in [0.1, 0.15) is 17.2 Å². The van der Waals surface area contributed by atoms with E-state index in [0.717, 1.165) is 11.1 Å². The molecule has 1 aliphatic rings. The first kappa shape index (κ1) is 16.4. The molecule has 0 spiro atoms. The van der Waals surface area contributed by atoms with E-state index in [-0.39, 0.29) is 6.79 Å². The molecule has 6 heteroatoms. The van der Waals surface area contributed by atoms with Gasteiger partial charge in [0.05, 0.1) is 6.54 Å². The van der Waals surface area contributed by atoms with Crippen LogP contribution in [0.5, 0.6) is 0 Å². The zero-order valence-corrected chi connectivity index (χ0v) is 14.6. The molecule has 0 aliphatic carbocycles. The van der Waals surface area contributed by atoms with Crippen LogP contribution in [0.25, 0.3) is 11.4 Å². The lowest BCUT2D eigenvalue weighted by Crippen LogP contribution is -2.23. The van der Waals surface area contributed by atoms with Gasteiger partial charge >= 0.3 is 0 Å². The van der Waals surface area contributed by atoms with Crippen molar-refractivity contribution in [3.05, 3.63) is 89.6 Å². The van der Waals surface area contributed by atoms with Crippen LogP contribution in [0, 0.1) is 0 Å². The van der Waals surface area contributed by atoms with Gasteiger partial charge in [0, 0.05) is 11.6 Å². The molecule has 0 N–H and O–H groups in total. The van der Waals surface area contributed by atoms with Gasteiger partial charge in [-0.1, -0.05) is 72.3 Å². The number of aromatic nitrogens is 2. The smallest absolute Gasteiger partial charge is 0.234 e. The van der Waals surface area contributed by atoms with Crippen molar-refractivity contribution in [1.29, 1.82) is 0 Å². The fourth-order valence-corrected chi connectivity index (χ4v) is 2.85. The summed E-state index contributed by atoms with van der Waals surface area (Å²) < 4.78 is 10.8. The second-order valence-electron chi connectivity index (χ2n) is 5.70. The van der Waals surface area contributed by atoms with E-state index < -0.39 is 0 Å². The topological polar surface area (TPSA) is 47.5 Å². The van der Waals surface area contributed by atoms with Crippen molar-refractivity contribution in [2.24, 2.45) is 0 Å². The highest BCUT2D eigenvalue weighted by atomic mass is 35.5. The van der Waals surface area contributed by atoms with Crippen LogP contribution in [0.1, 0.15) is 5.56 Å². The minimum atomic E-state index is 0.185. The molecule has 0 radical (unpaired) electrons. The van der Waals surface area contributed by atoms with Gasteiger partial charge < -0.3 is 9.47 Å². The Morgan fingerprint density at radius 3 is 2.38 bits per heavy atom. The zero-order chi connectivity index (χ0) is 17.8. The van der Waals surface area contributed by atoms with Crippen molar-refractivity contribution in [2.45, 2.75) is 6.54 Å². The summed E-state index contributed by atoms with van der Waals surface area (Å²) in [5, 5.41) is 0.367. The fourth-order valence-electron chi connectivity index (χ4n) is 2.67. The predicted octanol–water partition coefficient (Wildman–Crippen LogP) is 4.61. The third-order valence-electron chi connectivity index (χ3n) is 3.90. The normalized spacial score (nSPS) is 12.9. The van der Waals surface area contributed by atoms with Crippen LogP contribution in [0.3, 0.4) is 0 Å². The minimum Gasteiger partial charge on any atom is -0.459 e. The van der Waals surface area contributed by atoms with Gasteiger partial charge in [-0.2, -0.15) is 0 Å². The maximum absolute atomic E-state index is 6.28. The fraction of sp³-hybridized carbons (Fsp3) is 0.100. The average Bonchev–Trinajstić information content (AvgIpc) is 3.21. The second kappa shape index (κ2) is 7.45. The van der Waals surface area contributed by atoms with Gasteiger partial charge in [-0.25, -0.2) is 9.97 Å². The van der Waals surface area contributed by atoms with Crippen LogP contribution in [0.4, 0.5) is 5.82 Å². The van der Waals surface area contributed by atoms with Crippen LogP contribution in [-0.2, 0) is 16.0 Å². The summed E-state index contributed by atoms with van der Waals surface area (Å²) in [5.41, 5.74) is 2.01. The molecular weight excluding hydrogens is 350 g/mol. The van der Waals surface area contributed by atoms with Crippen molar-refractivity contribution in [1.82, 2.24) is 9.97 Å². The Labute approximate surface area is 156 Å². The van der Waals surface area contributed by atoms with E-state index in [1.54, 1.807) is 12.3 Å². The summed E-state index contributed by atoms with van der Waals surface area (Å²) in [6, 6.07) is 21.5. The highest BCUT2D eigenvalue weighted by molar-refractivity contribution is 6.29. The van der Waals surface area contributed by atoms with Gasteiger partial charge in [0.2, 0.25) is 12.7 Å². The molecule has 5 nitrogen and oxygen atoms in total. The molecule has 26 heavy (non-hydrogen) atoms. The third-order valence-corrected chi connectivity index (χ3v) is 4.09. The molecule has 0 atom stereocenters. The van der Waals surface area contributed by atoms with E-state index >= 15 is 0 Å². The molecule has 0 amide bonds. The quantitative estimate of drug-likeness (QED) is 0.618. The Balaban J connectivity index is 1.74. The van der Waals surface area contributed by atoms with E-state index in [0.29, 0.717) is 29.2 Å². The summed E-state index contributed by atoms with van der Waals surface area (Å²) in [4.78, 5) is 11.0. The SMILES string of the molecule is Clc1cc(N(Cc2ccccc2)C2=COCO2)nc(-c2ccccc2)n1. The van der Waals surface area contributed by atoms with E-state index in [1.165, 1.54) is 0 Å². The molecule has 0 saturated heterocycles. The Hall–Kier alpha value is -3.05. The van der Waals surface area contributed by atoms with Gasteiger partial charge in [0.15, 0.2) is 5.82 Å². The molecule has 0 bridgehead atoms. The highest BCUT2D eigenvalue weighted by Gasteiger charge is 2.21. The number of nitrogens with zero attached hydrogens (tertiary/aromatic N) is 3. The molecule has 0 unspecified atom stereocenters. The lowest BCUT2D eigenvalue weighted by molar-refractivity contribution is 0.0781. The zero-order valence-electron chi connectivity index (χ0n) is 13.9. The monoisotopic (exact) mass is 365 g/mol. The lowest BCUT2D eigenvalue weighted by atomic mass is 10.2. The average molecular weight is 366 g/mol. The van der Waals surface area contributed by atoms with Crippen LogP contribution in [0.2, 0.25) is 5.15 Å². The summed E-state index contributed by atoms with van der Waals surface area (Å²) >= 11 is 6.28. The molecule has 3 aromatic rings. The number of ether oxygens (including phenoxy) is 2. The van der Waals surface area contributed by atoms with Crippen LogP contribution in [0.15, 0.2) is 78.9 Å². The largest absolute Gasteiger partial charge is 0.459 e. The molecule has 2 heterocycles. The lowest BCUT2D eigenvalue weighted by Gasteiger charge is -2.23. The van der Waals surface area contributed by atoms with E-state index in [9.17, 15) is 0 Å². The maximum atomic E-state index is 6.28. The molecule has 130 valence electrons.